The topological polar surface area (TPSA) is 117 Å². The molecule has 34 heavy (non-hydrogen) atoms. The van der Waals surface area contributed by atoms with Crippen molar-refractivity contribution in [3.63, 3.8) is 0 Å². The lowest BCUT2D eigenvalue weighted by Gasteiger charge is -2.34. The van der Waals surface area contributed by atoms with Crippen molar-refractivity contribution in [2.45, 2.75) is 90.2 Å². The lowest BCUT2D eigenvalue weighted by atomic mass is 9.84. The highest BCUT2D eigenvalue weighted by molar-refractivity contribution is 5.81. The molecule has 0 heterocycles. The SMILES string of the molecule is CCOC(=O)OC(CCN(C(=O)OCC)C(CN)CCCCC=CC(=O)OC)C1CCCCC1. The minimum Gasteiger partial charge on any atom is -0.466 e. The van der Waals surface area contributed by atoms with Gasteiger partial charge in [0.2, 0.25) is 0 Å². The monoisotopic (exact) mass is 484 g/mol. The first-order valence-corrected chi connectivity index (χ1v) is 12.7. The van der Waals surface area contributed by atoms with Gasteiger partial charge in [0.1, 0.15) is 6.10 Å². The maximum absolute atomic E-state index is 12.8. The van der Waals surface area contributed by atoms with Crippen LogP contribution in [0.2, 0.25) is 0 Å². The lowest BCUT2D eigenvalue weighted by Crippen LogP contribution is -2.46. The first-order chi connectivity index (χ1) is 16.5. The summed E-state index contributed by atoms with van der Waals surface area (Å²) in [5.74, 6) is -0.106. The molecule has 2 atom stereocenters. The number of carbonyl (C=O) groups excluding carboxylic acids is 3. The van der Waals surface area contributed by atoms with Crippen molar-refractivity contribution in [2.75, 3.05) is 33.4 Å². The summed E-state index contributed by atoms with van der Waals surface area (Å²) in [7, 11) is 1.35. The van der Waals surface area contributed by atoms with E-state index in [-0.39, 0.29) is 37.2 Å². The summed E-state index contributed by atoms with van der Waals surface area (Å²) in [6.45, 7) is 4.76. The zero-order valence-corrected chi connectivity index (χ0v) is 21.2. The van der Waals surface area contributed by atoms with Crippen molar-refractivity contribution >= 4 is 18.2 Å². The Kier molecular flexibility index (Phi) is 15.8. The third-order valence-electron chi connectivity index (χ3n) is 6.17. The second kappa shape index (κ2) is 18.1. The Morgan fingerprint density at radius 1 is 1.03 bits per heavy atom. The zero-order valence-electron chi connectivity index (χ0n) is 21.2. The van der Waals surface area contributed by atoms with Gasteiger partial charge in [-0.1, -0.05) is 31.8 Å². The molecule has 9 nitrogen and oxygen atoms in total. The molecule has 0 saturated heterocycles. The fraction of sp³-hybridized carbons (Fsp3) is 0.800. The summed E-state index contributed by atoms with van der Waals surface area (Å²) in [6, 6.07) is -0.182. The summed E-state index contributed by atoms with van der Waals surface area (Å²) in [5.41, 5.74) is 6.05. The van der Waals surface area contributed by atoms with Gasteiger partial charge in [0, 0.05) is 31.6 Å². The molecule has 0 aliphatic heterocycles. The van der Waals surface area contributed by atoms with Gasteiger partial charge in [-0.2, -0.15) is 0 Å². The number of methoxy groups -OCH3 is 1. The molecule has 1 fully saturated rings. The molecule has 1 saturated carbocycles. The minimum absolute atomic E-state index is 0.182. The van der Waals surface area contributed by atoms with Gasteiger partial charge in [-0.25, -0.2) is 14.4 Å². The molecule has 1 aliphatic rings. The van der Waals surface area contributed by atoms with Crippen LogP contribution < -0.4 is 5.73 Å². The molecule has 1 rings (SSSR count). The van der Waals surface area contributed by atoms with Crippen LogP contribution in [-0.4, -0.2) is 68.7 Å². The lowest BCUT2D eigenvalue weighted by molar-refractivity contribution is -0.134. The molecule has 0 bridgehead atoms. The van der Waals surface area contributed by atoms with E-state index in [1.54, 1.807) is 24.8 Å². The number of hydrogen-bond acceptors (Lipinski definition) is 8. The van der Waals surface area contributed by atoms with E-state index in [1.807, 2.05) is 0 Å². The standard InChI is InChI=1S/C25H44N2O7/c1-4-32-24(29)27(21(19-26)15-11-6-7-12-16-23(28)31-3)18-17-22(34-25(30)33-5-2)20-13-9-8-10-14-20/h12,16,20-22H,4-11,13-15,17-19,26H2,1-3H3. The number of rotatable bonds is 15. The Labute approximate surface area is 204 Å². The van der Waals surface area contributed by atoms with Crippen molar-refractivity contribution in [1.82, 2.24) is 4.90 Å². The van der Waals surface area contributed by atoms with E-state index in [0.29, 0.717) is 25.9 Å². The maximum atomic E-state index is 12.8. The molecule has 0 aromatic rings. The summed E-state index contributed by atoms with van der Waals surface area (Å²) < 4.78 is 20.6. The first-order valence-electron chi connectivity index (χ1n) is 12.7. The number of unbranched alkanes of at least 4 members (excludes halogenated alkanes) is 2. The molecule has 0 radical (unpaired) electrons. The average Bonchev–Trinajstić information content (AvgIpc) is 2.84. The first kappa shape index (κ1) is 29.7. The van der Waals surface area contributed by atoms with E-state index in [9.17, 15) is 14.4 Å². The predicted molar refractivity (Wildman–Crippen MR) is 129 cm³/mol. The third kappa shape index (κ3) is 11.7. The summed E-state index contributed by atoms with van der Waals surface area (Å²) in [5, 5.41) is 0. The fourth-order valence-corrected chi connectivity index (χ4v) is 4.36. The van der Waals surface area contributed by atoms with Crippen LogP contribution >= 0.6 is 0 Å². The van der Waals surface area contributed by atoms with Crippen molar-refractivity contribution in [1.29, 1.82) is 0 Å². The van der Waals surface area contributed by atoms with Crippen LogP contribution in [0.1, 0.15) is 78.1 Å². The highest BCUT2D eigenvalue weighted by Gasteiger charge is 2.30. The van der Waals surface area contributed by atoms with Gasteiger partial charge >= 0.3 is 18.2 Å². The largest absolute Gasteiger partial charge is 0.508 e. The number of esters is 1. The van der Waals surface area contributed by atoms with Gasteiger partial charge in [0.15, 0.2) is 0 Å². The third-order valence-corrected chi connectivity index (χ3v) is 6.17. The van der Waals surface area contributed by atoms with E-state index in [0.717, 1.165) is 44.9 Å². The highest BCUT2D eigenvalue weighted by Crippen LogP contribution is 2.30. The van der Waals surface area contributed by atoms with Crippen LogP contribution in [-0.2, 0) is 23.7 Å². The Hall–Kier alpha value is -2.29. The Morgan fingerprint density at radius 2 is 1.74 bits per heavy atom. The number of amides is 1. The predicted octanol–water partition coefficient (Wildman–Crippen LogP) is 4.57. The quantitative estimate of drug-likeness (QED) is 0.155. The van der Waals surface area contributed by atoms with Crippen molar-refractivity contribution in [3.8, 4) is 0 Å². The molecule has 196 valence electrons. The highest BCUT2D eigenvalue weighted by atomic mass is 16.7. The molecule has 1 amide bonds. The van der Waals surface area contributed by atoms with Gasteiger partial charge in [-0.15, -0.1) is 0 Å². The number of nitrogens with two attached hydrogens (primary N) is 1. The van der Waals surface area contributed by atoms with Crippen LogP contribution in [0.15, 0.2) is 12.2 Å². The van der Waals surface area contributed by atoms with Crippen LogP contribution in [0.5, 0.6) is 0 Å². The molecule has 9 heteroatoms. The van der Waals surface area contributed by atoms with Gasteiger partial charge < -0.3 is 29.6 Å². The number of carbonyl (C=O) groups is 3. The average molecular weight is 485 g/mol. The van der Waals surface area contributed by atoms with E-state index >= 15 is 0 Å². The fourth-order valence-electron chi connectivity index (χ4n) is 4.36. The van der Waals surface area contributed by atoms with Gasteiger partial charge in [-0.05, 0) is 51.9 Å². The summed E-state index contributed by atoms with van der Waals surface area (Å²) >= 11 is 0. The molecule has 0 aromatic heterocycles. The molecule has 1 aliphatic carbocycles. The maximum Gasteiger partial charge on any atom is 0.508 e. The smallest absolute Gasteiger partial charge is 0.466 e. The molecule has 2 unspecified atom stereocenters. The molecular formula is C25H44N2O7. The molecule has 2 N–H and O–H groups in total. The second-order valence-electron chi connectivity index (χ2n) is 8.52. The molecule has 0 spiro atoms. The van der Waals surface area contributed by atoms with Crippen LogP contribution in [0.3, 0.4) is 0 Å². The second-order valence-corrected chi connectivity index (χ2v) is 8.52. The van der Waals surface area contributed by atoms with E-state index in [4.69, 9.17) is 19.9 Å². The van der Waals surface area contributed by atoms with Gasteiger partial charge in [0.05, 0.1) is 20.3 Å². The Morgan fingerprint density at radius 3 is 2.35 bits per heavy atom. The van der Waals surface area contributed by atoms with Crippen molar-refractivity contribution in [3.05, 3.63) is 12.2 Å². The number of hydrogen-bond donors (Lipinski definition) is 1. The number of allylic oxidation sites excluding steroid dienone is 1. The van der Waals surface area contributed by atoms with Crippen LogP contribution in [0.4, 0.5) is 9.59 Å². The van der Waals surface area contributed by atoms with E-state index in [1.165, 1.54) is 19.6 Å². The summed E-state index contributed by atoms with van der Waals surface area (Å²) in [4.78, 5) is 37.6. The minimum atomic E-state index is -0.656. The van der Waals surface area contributed by atoms with Gasteiger partial charge in [0.25, 0.3) is 0 Å². The normalized spacial score (nSPS) is 16.0. The molecule has 0 aromatic carbocycles. The Balaban J connectivity index is 2.75. The number of nitrogens with zero attached hydrogens (tertiary/aromatic N) is 1. The van der Waals surface area contributed by atoms with Gasteiger partial charge in [-0.3, -0.25) is 0 Å². The Bertz CT molecular complexity index is 620. The zero-order chi connectivity index (χ0) is 25.2. The number of ether oxygens (including phenoxy) is 4. The van der Waals surface area contributed by atoms with Crippen molar-refractivity contribution < 1.29 is 33.3 Å². The van der Waals surface area contributed by atoms with E-state index < -0.39 is 12.2 Å². The van der Waals surface area contributed by atoms with E-state index in [2.05, 4.69) is 4.74 Å². The van der Waals surface area contributed by atoms with Crippen molar-refractivity contribution in [2.24, 2.45) is 11.7 Å². The summed E-state index contributed by atoms with van der Waals surface area (Å²) in [6.07, 6.45) is 10.9. The van der Waals surface area contributed by atoms with Crippen LogP contribution in [0.25, 0.3) is 0 Å². The van der Waals surface area contributed by atoms with Crippen LogP contribution in [0, 0.1) is 5.92 Å². The molecular weight excluding hydrogens is 440 g/mol.